The SMILES string of the molecule is O=C(NCC1CCCN(C(=O)CCCOc2ccc(Cl)cc2)C1)Nc1cccc(F)c1. The highest BCUT2D eigenvalue weighted by atomic mass is 35.5. The van der Waals surface area contributed by atoms with Crippen molar-refractivity contribution in [2.24, 2.45) is 5.92 Å². The Balaban J connectivity index is 1.34. The van der Waals surface area contributed by atoms with E-state index >= 15 is 0 Å². The van der Waals surface area contributed by atoms with E-state index in [1.54, 1.807) is 30.3 Å². The molecule has 0 aliphatic carbocycles. The van der Waals surface area contributed by atoms with Gasteiger partial charge in [0.2, 0.25) is 5.91 Å². The van der Waals surface area contributed by atoms with E-state index in [2.05, 4.69) is 10.6 Å². The number of piperidine rings is 1. The molecular formula is C23H27ClFN3O3. The second-order valence-corrected chi connectivity index (χ2v) is 8.04. The monoisotopic (exact) mass is 447 g/mol. The van der Waals surface area contributed by atoms with Crippen LogP contribution in [0.3, 0.4) is 0 Å². The summed E-state index contributed by atoms with van der Waals surface area (Å²) in [6, 6.07) is 12.5. The van der Waals surface area contributed by atoms with E-state index in [0.717, 1.165) is 25.1 Å². The van der Waals surface area contributed by atoms with Crippen LogP contribution >= 0.6 is 11.6 Å². The molecule has 0 bridgehead atoms. The Labute approximate surface area is 186 Å². The van der Waals surface area contributed by atoms with E-state index in [1.807, 2.05) is 4.90 Å². The van der Waals surface area contributed by atoms with Gasteiger partial charge in [-0.3, -0.25) is 4.79 Å². The predicted molar refractivity (Wildman–Crippen MR) is 119 cm³/mol. The van der Waals surface area contributed by atoms with Crippen molar-refractivity contribution < 1.29 is 18.7 Å². The Morgan fingerprint density at radius 3 is 2.77 bits per heavy atom. The highest BCUT2D eigenvalue weighted by molar-refractivity contribution is 6.30. The second-order valence-electron chi connectivity index (χ2n) is 7.60. The quantitative estimate of drug-likeness (QED) is 0.576. The van der Waals surface area contributed by atoms with Crippen LogP contribution in [-0.4, -0.2) is 43.1 Å². The van der Waals surface area contributed by atoms with Gasteiger partial charge in [-0.15, -0.1) is 0 Å². The average molecular weight is 448 g/mol. The third-order valence-electron chi connectivity index (χ3n) is 5.12. The molecular weight excluding hydrogens is 421 g/mol. The van der Waals surface area contributed by atoms with Gasteiger partial charge in [-0.2, -0.15) is 0 Å². The van der Waals surface area contributed by atoms with Crippen molar-refractivity contribution in [1.29, 1.82) is 0 Å². The van der Waals surface area contributed by atoms with Gasteiger partial charge >= 0.3 is 6.03 Å². The lowest BCUT2D eigenvalue weighted by Gasteiger charge is -2.33. The number of carbonyl (C=O) groups is 2. The number of amides is 3. The van der Waals surface area contributed by atoms with Crippen LogP contribution in [0.25, 0.3) is 0 Å². The van der Waals surface area contributed by atoms with Crippen LogP contribution in [0.15, 0.2) is 48.5 Å². The molecule has 0 aromatic heterocycles. The number of ether oxygens (including phenoxy) is 1. The molecule has 1 heterocycles. The van der Waals surface area contributed by atoms with Crippen LogP contribution in [-0.2, 0) is 4.79 Å². The summed E-state index contributed by atoms with van der Waals surface area (Å²) >= 11 is 5.85. The van der Waals surface area contributed by atoms with Crippen molar-refractivity contribution >= 4 is 29.2 Å². The molecule has 8 heteroatoms. The van der Waals surface area contributed by atoms with Crippen LogP contribution in [0.4, 0.5) is 14.9 Å². The fourth-order valence-corrected chi connectivity index (χ4v) is 3.67. The van der Waals surface area contributed by atoms with Gasteiger partial charge in [0.05, 0.1) is 6.61 Å². The zero-order chi connectivity index (χ0) is 22.1. The lowest BCUT2D eigenvalue weighted by atomic mass is 9.97. The molecule has 1 aliphatic heterocycles. The number of rotatable bonds is 8. The van der Waals surface area contributed by atoms with E-state index in [1.165, 1.54) is 18.2 Å². The zero-order valence-electron chi connectivity index (χ0n) is 17.3. The van der Waals surface area contributed by atoms with Gasteiger partial charge in [0.1, 0.15) is 11.6 Å². The van der Waals surface area contributed by atoms with Crippen LogP contribution in [0.1, 0.15) is 25.7 Å². The summed E-state index contributed by atoms with van der Waals surface area (Å²) in [6.45, 7) is 2.29. The molecule has 3 rings (SSSR count). The normalized spacial score (nSPS) is 15.9. The molecule has 31 heavy (non-hydrogen) atoms. The van der Waals surface area contributed by atoms with Gasteiger partial charge in [0.25, 0.3) is 0 Å². The standard InChI is InChI=1S/C23H27ClFN3O3/c24-18-8-10-21(11-9-18)31-13-3-7-22(29)28-12-2-4-17(16-28)15-26-23(30)27-20-6-1-5-19(25)14-20/h1,5-6,8-11,14,17H,2-4,7,12-13,15-16H2,(H2,26,27,30). The van der Waals surface area contributed by atoms with E-state index in [4.69, 9.17) is 16.3 Å². The minimum Gasteiger partial charge on any atom is -0.494 e. The molecule has 0 radical (unpaired) electrons. The van der Waals surface area contributed by atoms with Crippen molar-refractivity contribution in [3.63, 3.8) is 0 Å². The van der Waals surface area contributed by atoms with Crippen LogP contribution in [0.5, 0.6) is 5.75 Å². The summed E-state index contributed by atoms with van der Waals surface area (Å²) in [5, 5.41) is 6.09. The van der Waals surface area contributed by atoms with Gasteiger partial charge in [-0.05, 0) is 67.6 Å². The van der Waals surface area contributed by atoms with Crippen LogP contribution in [0.2, 0.25) is 5.02 Å². The lowest BCUT2D eigenvalue weighted by molar-refractivity contribution is -0.133. The highest BCUT2D eigenvalue weighted by Gasteiger charge is 2.23. The molecule has 166 valence electrons. The number of likely N-dealkylation sites (tertiary alicyclic amines) is 1. The summed E-state index contributed by atoms with van der Waals surface area (Å²) in [5.41, 5.74) is 0.402. The fourth-order valence-electron chi connectivity index (χ4n) is 3.54. The molecule has 1 aliphatic rings. The molecule has 6 nitrogen and oxygen atoms in total. The number of nitrogens with zero attached hydrogens (tertiary/aromatic N) is 1. The molecule has 3 amide bonds. The molecule has 0 saturated carbocycles. The fraction of sp³-hybridized carbons (Fsp3) is 0.391. The summed E-state index contributed by atoms with van der Waals surface area (Å²) in [7, 11) is 0. The number of hydrogen-bond acceptors (Lipinski definition) is 3. The van der Waals surface area contributed by atoms with Gasteiger partial charge in [-0.25, -0.2) is 9.18 Å². The summed E-state index contributed by atoms with van der Waals surface area (Å²) < 4.78 is 18.8. The topological polar surface area (TPSA) is 70.7 Å². The number of halogens is 2. The first kappa shape index (κ1) is 22.9. The first-order chi connectivity index (χ1) is 15.0. The first-order valence-corrected chi connectivity index (χ1v) is 10.8. The van der Waals surface area contributed by atoms with Crippen LogP contribution in [0, 0.1) is 11.7 Å². The number of hydrogen-bond donors (Lipinski definition) is 2. The van der Waals surface area contributed by atoms with Crippen molar-refractivity contribution in [1.82, 2.24) is 10.2 Å². The van der Waals surface area contributed by atoms with E-state index in [-0.39, 0.29) is 17.9 Å². The number of nitrogens with one attached hydrogen (secondary N) is 2. The maximum absolute atomic E-state index is 13.2. The van der Waals surface area contributed by atoms with Crippen molar-refractivity contribution in [3.8, 4) is 5.75 Å². The Bertz CT molecular complexity index is 879. The van der Waals surface area contributed by atoms with E-state index in [0.29, 0.717) is 43.2 Å². The third-order valence-corrected chi connectivity index (χ3v) is 5.37. The first-order valence-electron chi connectivity index (χ1n) is 10.5. The average Bonchev–Trinajstić information content (AvgIpc) is 2.76. The van der Waals surface area contributed by atoms with Crippen LogP contribution < -0.4 is 15.4 Å². The maximum Gasteiger partial charge on any atom is 0.319 e. The van der Waals surface area contributed by atoms with Gasteiger partial charge in [0.15, 0.2) is 0 Å². The molecule has 2 N–H and O–H groups in total. The predicted octanol–water partition coefficient (Wildman–Crippen LogP) is 4.70. The minimum atomic E-state index is -0.405. The van der Waals surface area contributed by atoms with Crippen molar-refractivity contribution in [2.75, 3.05) is 31.6 Å². The minimum absolute atomic E-state index is 0.105. The Morgan fingerprint density at radius 2 is 2.00 bits per heavy atom. The zero-order valence-corrected chi connectivity index (χ0v) is 18.0. The Morgan fingerprint density at radius 1 is 1.19 bits per heavy atom. The number of urea groups is 1. The smallest absolute Gasteiger partial charge is 0.319 e. The summed E-state index contributed by atoms with van der Waals surface area (Å²) in [6.07, 6.45) is 2.92. The molecule has 2 aromatic carbocycles. The van der Waals surface area contributed by atoms with Gasteiger partial charge in [0, 0.05) is 36.8 Å². The molecule has 1 saturated heterocycles. The largest absolute Gasteiger partial charge is 0.494 e. The molecule has 1 atom stereocenters. The second kappa shape index (κ2) is 11.6. The summed E-state index contributed by atoms with van der Waals surface area (Å²) in [5.74, 6) is 0.630. The highest BCUT2D eigenvalue weighted by Crippen LogP contribution is 2.18. The van der Waals surface area contributed by atoms with Gasteiger partial charge < -0.3 is 20.3 Å². The molecule has 0 spiro atoms. The number of benzene rings is 2. The van der Waals surface area contributed by atoms with Crippen molar-refractivity contribution in [3.05, 3.63) is 59.4 Å². The maximum atomic E-state index is 13.2. The Kier molecular flexibility index (Phi) is 8.53. The number of anilines is 1. The summed E-state index contributed by atoms with van der Waals surface area (Å²) in [4.78, 5) is 26.4. The van der Waals surface area contributed by atoms with Crippen molar-refractivity contribution in [2.45, 2.75) is 25.7 Å². The van der Waals surface area contributed by atoms with E-state index < -0.39 is 5.82 Å². The van der Waals surface area contributed by atoms with E-state index in [9.17, 15) is 14.0 Å². The molecule has 2 aromatic rings. The molecule has 1 fully saturated rings. The number of carbonyl (C=O) groups excluding carboxylic acids is 2. The Hall–Kier alpha value is -2.80. The molecule has 1 unspecified atom stereocenters. The van der Waals surface area contributed by atoms with Gasteiger partial charge in [-0.1, -0.05) is 17.7 Å². The third kappa shape index (κ3) is 7.75. The lowest BCUT2D eigenvalue weighted by Crippen LogP contribution is -2.44.